The van der Waals surface area contributed by atoms with Crippen LogP contribution in [0.3, 0.4) is 0 Å². The van der Waals surface area contributed by atoms with Gasteiger partial charge in [-0.3, -0.25) is 20.4 Å². The molecule has 0 unspecified atom stereocenters. The first-order valence-corrected chi connectivity index (χ1v) is 21.6. The monoisotopic (exact) mass is 848 g/mol. The molecular formula is C41H37N8O5PS3. The molecule has 7 rings (SSSR count). The maximum Gasteiger partial charge on any atom is 0.269 e. The fourth-order valence-corrected chi connectivity index (χ4v) is 7.33. The second-order valence-electron chi connectivity index (χ2n) is 12.3. The van der Waals surface area contributed by atoms with Gasteiger partial charge in [0, 0.05) is 42.7 Å². The van der Waals surface area contributed by atoms with Crippen LogP contribution in [0.25, 0.3) is 41.3 Å². The lowest BCUT2D eigenvalue weighted by atomic mass is 10.1. The van der Waals surface area contributed by atoms with Gasteiger partial charge in [-0.1, -0.05) is 60.3 Å². The molecule has 0 radical (unpaired) electrons. The molecule has 0 spiro atoms. The number of nitrogens with one attached hydrogen (secondary N) is 4. The van der Waals surface area contributed by atoms with E-state index in [2.05, 4.69) is 53.2 Å². The van der Waals surface area contributed by atoms with Crippen molar-refractivity contribution in [3.63, 3.8) is 0 Å². The molecular weight excluding hydrogens is 812 g/mol. The molecule has 0 aliphatic carbocycles. The van der Waals surface area contributed by atoms with E-state index in [0.717, 1.165) is 38.8 Å². The number of benzene rings is 4. The topological polar surface area (TPSA) is 170 Å². The predicted octanol–water partition coefficient (Wildman–Crippen LogP) is 9.13. The summed E-state index contributed by atoms with van der Waals surface area (Å²) in [5.74, 6) is -0.333. The summed E-state index contributed by atoms with van der Waals surface area (Å²) in [6, 6.07) is 27.2. The molecule has 13 nitrogen and oxygen atoms in total. The minimum Gasteiger partial charge on any atom is -0.418 e. The Bertz CT molecular complexity index is 2570. The smallest absolute Gasteiger partial charge is 0.269 e. The molecule has 3 aromatic heterocycles. The number of carbonyl (C=O) groups is 2. The fourth-order valence-electron chi connectivity index (χ4n) is 5.57. The van der Waals surface area contributed by atoms with E-state index < -0.39 is 36.1 Å². The van der Waals surface area contributed by atoms with E-state index in [9.17, 15) is 19.8 Å². The number of fused-ring (bicyclic) bond motifs is 2. The zero-order valence-electron chi connectivity index (χ0n) is 31.3. The number of thiophene rings is 2. The Labute approximate surface area is 349 Å². The highest BCUT2D eigenvalue weighted by Gasteiger charge is 2.26. The maximum atomic E-state index is 12.5. The van der Waals surface area contributed by atoms with E-state index in [1.807, 2.05) is 66.0 Å². The first-order valence-electron chi connectivity index (χ1n) is 17.5. The van der Waals surface area contributed by atoms with Crippen molar-refractivity contribution in [2.24, 2.45) is 0 Å². The van der Waals surface area contributed by atoms with Crippen molar-refractivity contribution in [3.8, 4) is 11.5 Å². The summed E-state index contributed by atoms with van der Waals surface area (Å²) in [6.45, 7) is 19.6. The van der Waals surface area contributed by atoms with Crippen LogP contribution < -0.4 is 21.5 Å². The molecule has 4 atom stereocenters. The van der Waals surface area contributed by atoms with Gasteiger partial charge in [-0.25, -0.2) is 9.69 Å². The second-order valence-corrected chi connectivity index (χ2v) is 15.6. The highest BCUT2D eigenvalue weighted by Crippen LogP contribution is 2.38. The lowest BCUT2D eigenvalue weighted by molar-refractivity contribution is -0.124. The molecule has 7 aromatic rings. The minimum absolute atomic E-state index is 0.307. The van der Waals surface area contributed by atoms with Gasteiger partial charge >= 0.3 is 0 Å². The number of hydrazine groups is 1. The van der Waals surface area contributed by atoms with Gasteiger partial charge < -0.3 is 25.3 Å². The quantitative estimate of drug-likeness (QED) is 0.0443. The van der Waals surface area contributed by atoms with E-state index in [1.165, 1.54) is 29.6 Å². The average molecular weight is 849 g/mol. The molecule has 4 aromatic carbocycles. The Morgan fingerprint density at radius 3 is 1.81 bits per heavy atom. The van der Waals surface area contributed by atoms with Crippen LogP contribution >= 0.6 is 30.0 Å². The molecule has 2 amide bonds. The van der Waals surface area contributed by atoms with Gasteiger partial charge in [-0.2, -0.15) is 22.7 Å². The summed E-state index contributed by atoms with van der Waals surface area (Å²) in [6.07, 6.45) is -1.79. The summed E-state index contributed by atoms with van der Waals surface area (Å²) in [7, 11) is 1.00. The Balaban J connectivity index is 0.000000207. The highest BCUT2D eigenvalue weighted by atomic mass is 32.4. The Hall–Kier alpha value is -6.10. The normalized spacial score (nSPS) is 12.6. The fraction of sp³-hybridized carbons (Fsp3) is 0.171. The largest absolute Gasteiger partial charge is 0.418 e. The third kappa shape index (κ3) is 10.6. The van der Waals surface area contributed by atoms with Crippen LogP contribution in [0.1, 0.15) is 36.1 Å². The number of amides is 2. The van der Waals surface area contributed by atoms with Crippen molar-refractivity contribution in [2.75, 3.05) is 17.3 Å². The zero-order chi connectivity index (χ0) is 41.6. The number of nitrogens with zero attached hydrogens (tertiary/aromatic N) is 4. The summed E-state index contributed by atoms with van der Waals surface area (Å²) < 4.78 is 7.53. The van der Waals surface area contributed by atoms with Crippen molar-refractivity contribution < 1.29 is 24.2 Å². The predicted molar refractivity (Wildman–Crippen MR) is 235 cm³/mol. The van der Waals surface area contributed by atoms with Gasteiger partial charge in [0.1, 0.15) is 12.1 Å². The number of rotatable bonds is 10. The third-order valence-corrected chi connectivity index (χ3v) is 10.2. The molecule has 17 heteroatoms. The van der Waals surface area contributed by atoms with Crippen molar-refractivity contribution in [3.05, 3.63) is 142 Å². The average Bonchev–Trinajstić information content (AvgIpc) is 4.04. The summed E-state index contributed by atoms with van der Waals surface area (Å²) in [4.78, 5) is 31.7. The molecule has 6 N–H and O–H groups in total. The number of carbonyl (C=O) groups excluding carboxylic acids is 2. The number of aromatic nitrogens is 2. The molecule has 0 aliphatic heterocycles. The van der Waals surface area contributed by atoms with Crippen molar-refractivity contribution in [2.45, 2.75) is 38.1 Å². The van der Waals surface area contributed by atoms with Crippen LogP contribution in [0.5, 0.6) is 0 Å². The standard InChI is InChI=1S/C20H18N4O3S.C20H16N4O2S.CH3PS/c1-12(25)17(20(27)24-23-19(26)13-6-4-3-5-7-13)22-15-8-9-16(21-2)18-14(15)10-11-28-18;1-12(25)17(20-24-23-19(26-20)13-6-4-3-5-7-13)22-15-8-9-16(21-2)18-14(15)10-11-27-18;1-2-3/h3-12,17,22,25H,1H3,(H,23,26)(H,24,27);3-12,17,22,25H,1H3;1H3/t2*12-,17-;/m11./s1. The van der Waals surface area contributed by atoms with E-state index in [4.69, 9.17) is 17.6 Å². The number of anilines is 2. The van der Waals surface area contributed by atoms with Gasteiger partial charge in [-0.15, -0.1) is 10.2 Å². The Morgan fingerprint density at radius 1 is 0.759 bits per heavy atom. The third-order valence-electron chi connectivity index (χ3n) is 8.36. The number of hydrogen-bond donors (Lipinski definition) is 6. The summed E-state index contributed by atoms with van der Waals surface area (Å²) >= 11 is 7.32. The molecule has 0 fully saturated rings. The number of aliphatic hydroxyl groups is 2. The number of aliphatic hydroxyl groups excluding tert-OH is 2. The SMILES string of the molecule is CP=S.[C-]#[N+]c1ccc(N[C@@H](C(=O)NNC(=O)c2ccccc2)[C@@H](C)O)c2ccsc12.[C-]#[N+]c1ccc(N[C@@H](c2nnc(-c3ccccc3)o2)[C@@H](C)O)c2ccsc12. The molecule has 294 valence electrons. The highest BCUT2D eigenvalue weighted by molar-refractivity contribution is 7.96. The molecule has 58 heavy (non-hydrogen) atoms. The van der Waals surface area contributed by atoms with Crippen LogP contribution in [0.4, 0.5) is 22.7 Å². The molecule has 0 saturated heterocycles. The van der Waals surface area contributed by atoms with E-state index in [0.29, 0.717) is 34.4 Å². The maximum absolute atomic E-state index is 12.5. The Kier molecular flexibility index (Phi) is 15.5. The molecule has 3 heterocycles. The first kappa shape index (κ1) is 43.0. The van der Waals surface area contributed by atoms with Crippen LogP contribution in [-0.2, 0) is 16.6 Å². The zero-order valence-corrected chi connectivity index (χ0v) is 34.6. The van der Waals surface area contributed by atoms with Gasteiger partial charge in [-0.05, 0) is 87.2 Å². The first-order chi connectivity index (χ1) is 28.1. The van der Waals surface area contributed by atoms with E-state index >= 15 is 0 Å². The van der Waals surface area contributed by atoms with Gasteiger partial charge in [0.05, 0.1) is 25.4 Å². The van der Waals surface area contributed by atoms with Gasteiger partial charge in [0.15, 0.2) is 0 Å². The molecule has 0 bridgehead atoms. The molecule has 0 saturated carbocycles. The van der Waals surface area contributed by atoms with Crippen LogP contribution in [0.15, 0.2) is 112 Å². The number of hydrogen-bond acceptors (Lipinski definition) is 12. The van der Waals surface area contributed by atoms with Crippen molar-refractivity contribution >= 4 is 96.6 Å². The Morgan fingerprint density at radius 2 is 1.29 bits per heavy atom. The van der Waals surface area contributed by atoms with Crippen LogP contribution in [0.2, 0.25) is 0 Å². The summed E-state index contributed by atoms with van der Waals surface area (Å²) in [5, 5.41) is 40.4. The van der Waals surface area contributed by atoms with Crippen molar-refractivity contribution in [1.82, 2.24) is 21.0 Å². The lowest BCUT2D eigenvalue weighted by Crippen LogP contribution is -2.52. The van der Waals surface area contributed by atoms with Crippen LogP contribution in [-0.4, -0.2) is 57.1 Å². The van der Waals surface area contributed by atoms with E-state index in [-0.39, 0.29) is 0 Å². The van der Waals surface area contributed by atoms with Crippen molar-refractivity contribution in [1.29, 1.82) is 0 Å². The van der Waals surface area contributed by atoms with Gasteiger partial charge in [0.2, 0.25) is 23.2 Å². The second kappa shape index (κ2) is 20.9. The lowest BCUT2D eigenvalue weighted by Gasteiger charge is -2.22. The van der Waals surface area contributed by atoms with E-state index in [1.54, 1.807) is 55.5 Å². The van der Waals surface area contributed by atoms with Gasteiger partial charge in [0.25, 0.3) is 11.8 Å². The molecule has 0 aliphatic rings. The van der Waals surface area contributed by atoms with Crippen LogP contribution in [0, 0.1) is 13.1 Å². The summed E-state index contributed by atoms with van der Waals surface area (Å²) in [5.41, 5.74) is 8.49. The minimum atomic E-state index is -1.03.